The van der Waals surface area contributed by atoms with Crippen molar-refractivity contribution in [3.63, 3.8) is 0 Å². The Kier molecular flexibility index (Phi) is 4.32. The van der Waals surface area contributed by atoms with Gasteiger partial charge < -0.3 is 15.0 Å². The highest BCUT2D eigenvalue weighted by Gasteiger charge is 2.20. The predicted octanol–water partition coefficient (Wildman–Crippen LogP) is 2.29. The molecule has 110 valence electrons. The van der Waals surface area contributed by atoms with Crippen molar-refractivity contribution in [2.75, 3.05) is 11.9 Å². The summed E-state index contributed by atoms with van der Waals surface area (Å²) in [5.41, 5.74) is 0.989. The molecule has 2 N–H and O–H groups in total. The topological polar surface area (TPSA) is 84.1 Å². The van der Waals surface area contributed by atoms with Gasteiger partial charge in [0.1, 0.15) is 11.3 Å². The van der Waals surface area contributed by atoms with Crippen LogP contribution < -0.4 is 5.32 Å². The fourth-order valence-electron chi connectivity index (χ4n) is 1.81. The number of esters is 1. The van der Waals surface area contributed by atoms with Gasteiger partial charge in [0.05, 0.1) is 12.3 Å². The van der Waals surface area contributed by atoms with E-state index in [1.165, 1.54) is 18.3 Å². The van der Waals surface area contributed by atoms with E-state index in [1.807, 2.05) is 0 Å². The molecule has 2 aromatic rings. The van der Waals surface area contributed by atoms with E-state index in [4.69, 9.17) is 4.74 Å². The lowest BCUT2D eigenvalue weighted by Crippen LogP contribution is -2.16. The highest BCUT2D eigenvalue weighted by atomic mass is 19.1. The minimum atomic E-state index is -0.751. The van der Waals surface area contributed by atoms with Gasteiger partial charge in [-0.25, -0.2) is 9.78 Å². The fraction of sp³-hybridized carbons (Fsp3) is 0.214. The van der Waals surface area contributed by atoms with E-state index in [0.29, 0.717) is 5.69 Å². The highest BCUT2D eigenvalue weighted by Crippen LogP contribution is 2.21. The van der Waals surface area contributed by atoms with Gasteiger partial charge in [0, 0.05) is 11.9 Å². The van der Waals surface area contributed by atoms with Crippen LogP contribution in [0.1, 0.15) is 33.5 Å². The van der Waals surface area contributed by atoms with Crippen molar-refractivity contribution in [1.82, 2.24) is 9.97 Å². The molecule has 0 aromatic carbocycles. The Morgan fingerprint density at radius 2 is 2.19 bits per heavy atom. The normalized spacial score (nSPS) is 10.2. The number of amides is 1. The number of nitrogens with one attached hydrogen (secondary N) is 2. The van der Waals surface area contributed by atoms with Crippen LogP contribution in [0.25, 0.3) is 0 Å². The number of H-pyrrole nitrogens is 1. The zero-order valence-corrected chi connectivity index (χ0v) is 11.6. The van der Waals surface area contributed by atoms with Gasteiger partial charge in [-0.1, -0.05) is 6.07 Å². The number of halogens is 1. The second-order valence-corrected chi connectivity index (χ2v) is 4.22. The van der Waals surface area contributed by atoms with Crippen molar-refractivity contribution in [2.24, 2.45) is 0 Å². The summed E-state index contributed by atoms with van der Waals surface area (Å²) < 4.78 is 17.9. The Hall–Kier alpha value is -2.70. The van der Waals surface area contributed by atoms with E-state index in [9.17, 15) is 14.0 Å². The third-order valence-electron chi connectivity index (χ3n) is 2.75. The van der Waals surface area contributed by atoms with Crippen LogP contribution in [-0.4, -0.2) is 28.5 Å². The molecule has 21 heavy (non-hydrogen) atoms. The molecule has 0 fully saturated rings. The quantitative estimate of drug-likeness (QED) is 0.668. The van der Waals surface area contributed by atoms with Crippen LogP contribution in [0.4, 0.5) is 10.1 Å². The number of nitrogens with zero attached hydrogens (tertiary/aromatic N) is 1. The average molecular weight is 291 g/mol. The molecule has 0 aliphatic rings. The van der Waals surface area contributed by atoms with Crippen molar-refractivity contribution in [3.05, 3.63) is 47.3 Å². The number of rotatable bonds is 4. The van der Waals surface area contributed by atoms with E-state index in [1.54, 1.807) is 13.8 Å². The van der Waals surface area contributed by atoms with Crippen molar-refractivity contribution < 1.29 is 18.7 Å². The maximum Gasteiger partial charge on any atom is 0.342 e. The smallest absolute Gasteiger partial charge is 0.342 e. The van der Waals surface area contributed by atoms with Gasteiger partial charge in [-0.15, -0.1) is 0 Å². The second kappa shape index (κ2) is 6.17. The summed E-state index contributed by atoms with van der Waals surface area (Å²) in [7, 11) is 0. The number of carbonyl (C=O) groups is 2. The minimum absolute atomic E-state index is 0.0799. The Bertz CT molecular complexity index is 682. The first kappa shape index (κ1) is 14.7. The maximum atomic E-state index is 13.0. The van der Waals surface area contributed by atoms with Crippen molar-refractivity contribution >= 4 is 17.6 Å². The molecule has 2 aromatic heterocycles. The van der Waals surface area contributed by atoms with Crippen molar-refractivity contribution in [3.8, 4) is 0 Å². The Morgan fingerprint density at radius 3 is 2.86 bits per heavy atom. The van der Waals surface area contributed by atoms with E-state index < -0.39 is 17.8 Å². The molecule has 0 unspecified atom stereocenters. The standard InChI is InChI=1S/C14H14FN3O3/c1-3-21-14(20)12-8(2)16-7-10(12)18-13(19)9-5-4-6-11(15)17-9/h4-7,16H,3H2,1-2H3,(H,18,19). The molecule has 0 atom stereocenters. The molecule has 6 nitrogen and oxygen atoms in total. The Labute approximate surface area is 120 Å². The number of aromatic nitrogens is 2. The summed E-state index contributed by atoms with van der Waals surface area (Å²) >= 11 is 0. The van der Waals surface area contributed by atoms with Crippen LogP contribution in [-0.2, 0) is 4.74 Å². The van der Waals surface area contributed by atoms with Gasteiger partial charge in [-0.3, -0.25) is 4.79 Å². The van der Waals surface area contributed by atoms with E-state index in [0.717, 1.165) is 6.07 Å². The lowest BCUT2D eigenvalue weighted by Gasteiger charge is -2.06. The summed E-state index contributed by atoms with van der Waals surface area (Å²) in [6.07, 6.45) is 1.47. The molecule has 0 bridgehead atoms. The second-order valence-electron chi connectivity index (χ2n) is 4.22. The van der Waals surface area contributed by atoms with Crippen LogP contribution >= 0.6 is 0 Å². The molecule has 7 heteroatoms. The van der Waals surface area contributed by atoms with Crippen LogP contribution in [0.3, 0.4) is 0 Å². The van der Waals surface area contributed by atoms with Crippen LogP contribution in [0.5, 0.6) is 0 Å². The molecule has 0 radical (unpaired) electrons. The first-order chi connectivity index (χ1) is 10.0. The molecule has 2 rings (SSSR count). The summed E-state index contributed by atoms with van der Waals surface area (Å²) in [5.74, 6) is -1.91. The number of hydrogen-bond donors (Lipinski definition) is 2. The molecule has 2 heterocycles. The monoisotopic (exact) mass is 291 g/mol. The molecular weight excluding hydrogens is 277 g/mol. The number of aryl methyl sites for hydroxylation is 1. The minimum Gasteiger partial charge on any atom is -0.462 e. The molecular formula is C14H14FN3O3. The Morgan fingerprint density at radius 1 is 1.43 bits per heavy atom. The lowest BCUT2D eigenvalue weighted by atomic mass is 10.2. The summed E-state index contributed by atoms with van der Waals surface area (Å²) in [6, 6.07) is 3.90. The number of pyridine rings is 1. The molecule has 0 aliphatic heterocycles. The zero-order valence-electron chi connectivity index (χ0n) is 11.6. The molecule has 0 saturated carbocycles. The van der Waals surface area contributed by atoms with Crippen molar-refractivity contribution in [1.29, 1.82) is 0 Å². The number of ether oxygens (including phenoxy) is 1. The van der Waals surface area contributed by atoms with Gasteiger partial charge in [0.2, 0.25) is 5.95 Å². The highest BCUT2D eigenvalue weighted by molar-refractivity contribution is 6.07. The fourth-order valence-corrected chi connectivity index (χ4v) is 1.81. The molecule has 0 aliphatic carbocycles. The first-order valence-corrected chi connectivity index (χ1v) is 6.32. The molecule has 0 spiro atoms. The summed E-state index contributed by atoms with van der Waals surface area (Å²) in [5, 5.41) is 2.51. The van der Waals surface area contributed by atoms with Gasteiger partial charge in [0.25, 0.3) is 5.91 Å². The third-order valence-corrected chi connectivity index (χ3v) is 2.75. The largest absolute Gasteiger partial charge is 0.462 e. The van der Waals surface area contributed by atoms with E-state index in [2.05, 4.69) is 15.3 Å². The van der Waals surface area contributed by atoms with Crippen LogP contribution in [0.2, 0.25) is 0 Å². The first-order valence-electron chi connectivity index (χ1n) is 6.32. The SMILES string of the molecule is CCOC(=O)c1c(NC(=O)c2cccc(F)n2)c[nH]c1C. The zero-order chi connectivity index (χ0) is 15.4. The van der Waals surface area contributed by atoms with Gasteiger partial charge in [-0.2, -0.15) is 4.39 Å². The van der Waals surface area contributed by atoms with Crippen molar-refractivity contribution in [2.45, 2.75) is 13.8 Å². The van der Waals surface area contributed by atoms with E-state index >= 15 is 0 Å². The molecule has 0 saturated heterocycles. The Balaban J connectivity index is 2.24. The average Bonchev–Trinajstić information content (AvgIpc) is 2.80. The number of carbonyl (C=O) groups excluding carboxylic acids is 2. The van der Waals surface area contributed by atoms with E-state index in [-0.39, 0.29) is 23.6 Å². The van der Waals surface area contributed by atoms with Gasteiger partial charge >= 0.3 is 5.97 Å². The molecule has 1 amide bonds. The van der Waals surface area contributed by atoms with Crippen LogP contribution in [0, 0.1) is 12.9 Å². The third kappa shape index (κ3) is 3.25. The summed E-state index contributed by atoms with van der Waals surface area (Å²) in [4.78, 5) is 30.2. The van der Waals surface area contributed by atoms with Crippen LogP contribution in [0.15, 0.2) is 24.4 Å². The number of hydrogen-bond acceptors (Lipinski definition) is 4. The maximum absolute atomic E-state index is 13.0. The predicted molar refractivity (Wildman–Crippen MR) is 73.6 cm³/mol. The number of anilines is 1. The number of aromatic amines is 1. The van der Waals surface area contributed by atoms with Gasteiger partial charge in [-0.05, 0) is 26.0 Å². The summed E-state index contributed by atoms with van der Waals surface area (Å²) in [6.45, 7) is 3.60. The lowest BCUT2D eigenvalue weighted by molar-refractivity contribution is 0.0527. The van der Waals surface area contributed by atoms with Gasteiger partial charge in [0.15, 0.2) is 0 Å².